The molecule has 2 aromatic rings. The third-order valence-electron chi connectivity index (χ3n) is 3.16. The molecule has 0 aromatic heterocycles. The predicted molar refractivity (Wildman–Crippen MR) is 85.1 cm³/mol. The molecule has 0 aliphatic rings. The van der Waals surface area contributed by atoms with Crippen molar-refractivity contribution in [3.8, 4) is 0 Å². The molecule has 0 spiro atoms. The zero-order valence-corrected chi connectivity index (χ0v) is 14.7. The monoisotopic (exact) mass is 394 g/mol. The number of rotatable bonds is 3. The zero-order valence-electron chi connectivity index (χ0n) is 10.5. The van der Waals surface area contributed by atoms with E-state index in [1.165, 1.54) is 10.4 Å². The summed E-state index contributed by atoms with van der Waals surface area (Å²) in [7, 11) is 9.96. The van der Waals surface area contributed by atoms with E-state index < -0.39 is 21.6 Å². The summed E-state index contributed by atoms with van der Waals surface area (Å²) in [6.45, 7) is 2.30. The average molecular weight is 394 g/mol. The molecule has 0 N–H and O–H groups in total. The fourth-order valence-corrected chi connectivity index (χ4v) is 8.20. The van der Waals surface area contributed by atoms with Crippen LogP contribution in [0.25, 0.3) is 0 Å². The Kier molecular flexibility index (Phi) is 5.33. The molecule has 0 unspecified atom stereocenters. The topological polar surface area (TPSA) is 0 Å². The van der Waals surface area contributed by atoms with E-state index in [0.29, 0.717) is 0 Å². The molecule has 100 valence electrons. The number of halogens is 2. The Balaban J connectivity index is 2.61. The Hall–Kier alpha value is -0.490. The van der Waals surface area contributed by atoms with Crippen LogP contribution >= 0.6 is 19.4 Å². The molecule has 0 radical (unpaired) electrons. The molecule has 4 heteroatoms. The molecule has 0 fully saturated rings. The first kappa shape index (κ1) is 14.9. The summed E-state index contributed by atoms with van der Waals surface area (Å²) in [5, 5.41) is 2.69. The number of hydrogen-bond acceptors (Lipinski definition) is 0. The first-order valence-electron chi connectivity index (χ1n) is 5.84. The fourth-order valence-electron chi connectivity index (χ4n) is 2.04. The van der Waals surface area contributed by atoms with E-state index in [-0.39, 0.29) is 0 Å². The van der Waals surface area contributed by atoms with E-state index in [0.717, 1.165) is 0 Å². The van der Waals surface area contributed by atoms with E-state index in [1.54, 1.807) is 0 Å². The predicted octanol–water partition coefficient (Wildman–Crippen LogP) is 3.30. The zero-order chi connectivity index (χ0) is 13.7. The second-order valence-electron chi connectivity index (χ2n) is 4.36. The van der Waals surface area contributed by atoms with Gasteiger partial charge in [-0.2, -0.15) is 0 Å². The molecule has 0 saturated carbocycles. The Bertz CT molecular complexity index is 561. The van der Waals surface area contributed by atoms with Crippen molar-refractivity contribution >= 4 is 42.1 Å². The molecule has 2 rings (SSSR count). The van der Waals surface area contributed by atoms with Crippen LogP contribution in [0.2, 0.25) is 6.55 Å². The van der Waals surface area contributed by atoms with Crippen molar-refractivity contribution in [3.63, 3.8) is 0 Å². The molecular weight excluding hydrogens is 380 g/mol. The second kappa shape index (κ2) is 6.79. The van der Waals surface area contributed by atoms with Gasteiger partial charge in [0.25, 0.3) is 0 Å². The number of hydrogen-bond donors (Lipinski definition) is 0. The molecule has 2 aromatic carbocycles. The summed E-state index contributed by atoms with van der Waals surface area (Å²) in [6.07, 6.45) is 0. The standard InChI is InChI=1S/C15H14Si.2ClH.Ru/c1-3-16(2,14-10-6-4-7-11-14)15-12-8-5-9-13-15;;;/h3-13H,2H3;2*1H;/q;;;+2/p-2. The maximum absolute atomic E-state index is 5.95. The minimum atomic E-state index is -1.93. The Morgan fingerprint density at radius 2 is 1.32 bits per heavy atom. The van der Waals surface area contributed by atoms with E-state index in [1.807, 2.05) is 12.1 Å². The van der Waals surface area contributed by atoms with Gasteiger partial charge in [-0.3, -0.25) is 0 Å². The van der Waals surface area contributed by atoms with Gasteiger partial charge in [-0.15, -0.1) is 0 Å². The summed E-state index contributed by atoms with van der Waals surface area (Å²) in [5.41, 5.74) is 2.15. The van der Waals surface area contributed by atoms with E-state index in [2.05, 4.69) is 65.0 Å². The van der Waals surface area contributed by atoms with Gasteiger partial charge < -0.3 is 0 Å². The summed E-state index contributed by atoms with van der Waals surface area (Å²) >= 11 is -1.88. The summed E-state index contributed by atoms with van der Waals surface area (Å²) in [4.78, 5) is 0. The molecule has 0 heterocycles. The molecule has 0 nitrogen and oxygen atoms in total. The number of benzene rings is 2. The quantitative estimate of drug-likeness (QED) is 0.701. The van der Waals surface area contributed by atoms with E-state index >= 15 is 0 Å². The summed E-state index contributed by atoms with van der Waals surface area (Å²) in [5.74, 6) is 0. The van der Waals surface area contributed by atoms with Crippen LogP contribution in [0, 0.1) is 0 Å². The van der Waals surface area contributed by atoms with Gasteiger partial charge in [0.15, 0.2) is 0 Å². The summed E-state index contributed by atoms with van der Waals surface area (Å²) < 4.78 is 3.19. The molecule has 0 bridgehead atoms. The van der Waals surface area contributed by atoms with Gasteiger partial charge in [0.1, 0.15) is 0 Å². The van der Waals surface area contributed by atoms with Gasteiger partial charge in [0.05, 0.1) is 0 Å². The molecule has 0 amide bonds. The van der Waals surface area contributed by atoms with Crippen LogP contribution in [0.3, 0.4) is 0 Å². The van der Waals surface area contributed by atoms with E-state index in [4.69, 9.17) is 19.4 Å². The fraction of sp³-hybridized carbons (Fsp3) is 0.0667. The van der Waals surface area contributed by atoms with Crippen LogP contribution < -0.4 is 10.4 Å². The Morgan fingerprint density at radius 3 is 1.68 bits per heavy atom. The van der Waals surface area contributed by atoms with Gasteiger partial charge in [0.2, 0.25) is 0 Å². The van der Waals surface area contributed by atoms with Gasteiger partial charge in [-0.1, -0.05) is 0 Å². The normalized spacial score (nSPS) is 11.6. The van der Waals surface area contributed by atoms with Gasteiger partial charge in [-0.25, -0.2) is 0 Å². The van der Waals surface area contributed by atoms with Gasteiger partial charge in [0, 0.05) is 0 Å². The van der Waals surface area contributed by atoms with Crippen LogP contribution in [0.15, 0.2) is 66.4 Å². The van der Waals surface area contributed by atoms with Crippen molar-refractivity contribution in [2.75, 3.05) is 0 Å². The SMILES string of the molecule is C[Si](C=[C]=[Ru]([Cl])[Cl])(c1ccccc1)c1ccccc1. The van der Waals surface area contributed by atoms with Crippen LogP contribution in [0.1, 0.15) is 0 Å². The molecule has 19 heavy (non-hydrogen) atoms. The Morgan fingerprint density at radius 1 is 0.895 bits per heavy atom. The molecule has 0 atom stereocenters. The Labute approximate surface area is 128 Å². The maximum atomic E-state index is 5.95. The van der Waals surface area contributed by atoms with Crippen molar-refractivity contribution in [2.24, 2.45) is 0 Å². The van der Waals surface area contributed by atoms with Crippen LogP contribution in [0.4, 0.5) is 0 Å². The van der Waals surface area contributed by atoms with Gasteiger partial charge in [-0.05, 0) is 0 Å². The molecular formula is C15H14Cl2RuSi. The van der Waals surface area contributed by atoms with Crippen LogP contribution in [0.5, 0.6) is 0 Å². The molecule has 0 saturated heterocycles. The molecule has 0 aliphatic heterocycles. The van der Waals surface area contributed by atoms with Crippen molar-refractivity contribution in [1.29, 1.82) is 0 Å². The first-order chi connectivity index (χ1) is 9.13. The second-order valence-corrected chi connectivity index (χ2v) is 13.6. The van der Waals surface area contributed by atoms with Crippen LogP contribution in [-0.4, -0.2) is 12.3 Å². The first-order valence-corrected chi connectivity index (χ1v) is 13.8. The third kappa shape index (κ3) is 3.75. The van der Waals surface area contributed by atoms with Crippen molar-refractivity contribution in [2.45, 2.75) is 6.55 Å². The van der Waals surface area contributed by atoms with Crippen LogP contribution in [-0.2, 0) is 13.5 Å². The van der Waals surface area contributed by atoms with E-state index in [9.17, 15) is 0 Å². The summed E-state index contributed by atoms with van der Waals surface area (Å²) in [6, 6.07) is 21.1. The minimum absolute atomic E-state index is 1.34. The van der Waals surface area contributed by atoms with Crippen molar-refractivity contribution < 1.29 is 13.5 Å². The third-order valence-corrected chi connectivity index (χ3v) is 8.95. The van der Waals surface area contributed by atoms with Crippen molar-refractivity contribution in [3.05, 3.63) is 66.4 Å². The molecule has 0 aliphatic carbocycles. The average Bonchev–Trinajstić information content (AvgIpc) is 2.46. The van der Waals surface area contributed by atoms with Gasteiger partial charge >= 0.3 is 129 Å². The van der Waals surface area contributed by atoms with Crippen molar-refractivity contribution in [1.82, 2.24) is 0 Å².